The van der Waals surface area contributed by atoms with Crippen molar-refractivity contribution >= 4 is 12.0 Å². The lowest BCUT2D eigenvalue weighted by molar-refractivity contribution is -0.134. The van der Waals surface area contributed by atoms with E-state index in [1.165, 1.54) is 10.5 Å². The Kier molecular flexibility index (Phi) is 6.13. The van der Waals surface area contributed by atoms with Crippen LogP contribution in [-0.2, 0) is 11.2 Å². The van der Waals surface area contributed by atoms with Crippen LogP contribution in [0.25, 0.3) is 0 Å². The molecule has 4 rings (SSSR count). The Morgan fingerprint density at radius 2 is 1.81 bits per heavy atom. The maximum atomic E-state index is 13.6. The number of hydrogen-bond acceptors (Lipinski definition) is 4. The second-order valence-corrected chi connectivity index (χ2v) is 8.26. The van der Waals surface area contributed by atoms with Gasteiger partial charge in [0.2, 0.25) is 5.91 Å². The van der Waals surface area contributed by atoms with Gasteiger partial charge in [-0.15, -0.1) is 0 Å². The van der Waals surface area contributed by atoms with Crippen molar-refractivity contribution in [1.82, 2.24) is 15.1 Å². The summed E-state index contributed by atoms with van der Waals surface area (Å²) >= 11 is 0. The van der Waals surface area contributed by atoms with Gasteiger partial charge in [0, 0.05) is 19.6 Å². The first-order chi connectivity index (χ1) is 15.0. The number of nitrogens with one attached hydrogen (secondary N) is 1. The van der Waals surface area contributed by atoms with Crippen LogP contribution in [0, 0.1) is 0 Å². The molecule has 2 fully saturated rings. The molecular weight excluding hydrogens is 394 g/mol. The smallest absolute Gasteiger partial charge is 0.407 e. The van der Waals surface area contributed by atoms with Crippen molar-refractivity contribution < 1.29 is 19.4 Å². The lowest BCUT2D eigenvalue weighted by Gasteiger charge is -2.36. The van der Waals surface area contributed by atoms with Crippen LogP contribution in [0.1, 0.15) is 36.6 Å². The van der Waals surface area contributed by atoms with Crippen LogP contribution in [0.2, 0.25) is 0 Å². The summed E-state index contributed by atoms with van der Waals surface area (Å²) in [4.78, 5) is 28.2. The third-order valence-corrected chi connectivity index (χ3v) is 6.42. The quantitative estimate of drug-likeness (QED) is 0.745. The lowest BCUT2D eigenvalue weighted by Crippen LogP contribution is -2.55. The minimum atomic E-state index is -0.924. The molecule has 2 aromatic rings. The molecule has 164 valence electrons. The van der Waals surface area contributed by atoms with Crippen molar-refractivity contribution in [2.45, 2.75) is 37.4 Å². The predicted octanol–water partition coefficient (Wildman–Crippen LogP) is 3.27. The molecule has 0 aromatic heterocycles. The Balaban J connectivity index is 1.52. The van der Waals surface area contributed by atoms with Gasteiger partial charge in [-0.25, -0.2) is 4.79 Å². The number of carbonyl (C=O) groups is 2. The average Bonchev–Trinajstić information content (AvgIpc) is 3.06. The van der Waals surface area contributed by atoms with Gasteiger partial charge in [-0.3, -0.25) is 10.1 Å². The number of piperidine rings is 1. The van der Waals surface area contributed by atoms with Crippen molar-refractivity contribution in [3.05, 3.63) is 65.7 Å². The summed E-state index contributed by atoms with van der Waals surface area (Å²) in [6.45, 7) is 1.37. The first-order valence-electron chi connectivity index (χ1n) is 10.8. The molecule has 2 aliphatic rings. The van der Waals surface area contributed by atoms with Crippen LogP contribution < -0.4 is 10.1 Å². The van der Waals surface area contributed by atoms with Gasteiger partial charge in [0.1, 0.15) is 17.5 Å². The number of hydrogen-bond donors (Lipinski definition) is 2. The van der Waals surface area contributed by atoms with Gasteiger partial charge in [0.25, 0.3) is 0 Å². The molecule has 0 aliphatic carbocycles. The summed E-state index contributed by atoms with van der Waals surface area (Å²) in [6, 6.07) is 18.1. The number of likely N-dealkylation sites (tertiary alicyclic amines) is 1. The highest BCUT2D eigenvalue weighted by molar-refractivity contribution is 5.89. The van der Waals surface area contributed by atoms with Crippen LogP contribution in [0.5, 0.6) is 5.75 Å². The standard InChI is InChI=1S/C24H29N3O4/c1-31-20-11-9-19(10-12-20)21-25-24(13-16-26(17-14-24)23(29)30)22(28)27(21)15-5-8-18-6-3-2-4-7-18/h2-4,6-7,9-12,21,25H,5,8,13-17H2,1H3,(H,29,30). The normalized spacial score (nSPS) is 20.3. The van der Waals surface area contributed by atoms with Crippen molar-refractivity contribution in [3.8, 4) is 5.75 Å². The summed E-state index contributed by atoms with van der Waals surface area (Å²) in [7, 11) is 1.63. The lowest BCUT2D eigenvalue weighted by atomic mass is 9.87. The highest BCUT2D eigenvalue weighted by Crippen LogP contribution is 2.37. The maximum absolute atomic E-state index is 13.6. The number of ether oxygens (including phenoxy) is 1. The van der Waals surface area contributed by atoms with Gasteiger partial charge in [-0.2, -0.15) is 0 Å². The zero-order chi connectivity index (χ0) is 21.8. The second-order valence-electron chi connectivity index (χ2n) is 8.26. The van der Waals surface area contributed by atoms with E-state index in [4.69, 9.17) is 4.74 Å². The zero-order valence-electron chi connectivity index (χ0n) is 17.8. The Bertz CT molecular complexity index is 908. The second kappa shape index (κ2) is 8.98. The van der Waals surface area contributed by atoms with E-state index in [1.807, 2.05) is 47.4 Å². The molecule has 1 spiro atoms. The van der Waals surface area contributed by atoms with Crippen molar-refractivity contribution in [2.24, 2.45) is 0 Å². The van der Waals surface area contributed by atoms with Gasteiger partial charge in [0.05, 0.1) is 7.11 Å². The molecule has 1 unspecified atom stereocenters. The van der Waals surface area contributed by atoms with Gasteiger partial charge in [-0.1, -0.05) is 42.5 Å². The van der Waals surface area contributed by atoms with E-state index in [0.717, 1.165) is 24.2 Å². The number of benzene rings is 2. The maximum Gasteiger partial charge on any atom is 0.407 e. The predicted molar refractivity (Wildman–Crippen MR) is 117 cm³/mol. The molecule has 1 atom stereocenters. The molecule has 2 saturated heterocycles. The van der Waals surface area contributed by atoms with Crippen molar-refractivity contribution in [2.75, 3.05) is 26.7 Å². The molecule has 2 aliphatic heterocycles. The Morgan fingerprint density at radius 1 is 1.13 bits per heavy atom. The van der Waals surface area contributed by atoms with Crippen molar-refractivity contribution in [1.29, 1.82) is 0 Å². The summed E-state index contributed by atoms with van der Waals surface area (Å²) in [5.41, 5.74) is 1.56. The van der Waals surface area contributed by atoms with E-state index in [2.05, 4.69) is 17.4 Å². The Morgan fingerprint density at radius 3 is 2.42 bits per heavy atom. The summed E-state index contributed by atoms with van der Waals surface area (Å²) in [5.74, 6) is 0.847. The minimum Gasteiger partial charge on any atom is -0.497 e. The molecule has 0 radical (unpaired) electrons. The van der Waals surface area contributed by atoms with E-state index >= 15 is 0 Å². The molecule has 31 heavy (non-hydrogen) atoms. The van der Waals surface area contributed by atoms with Crippen LogP contribution in [-0.4, -0.2) is 59.2 Å². The SMILES string of the molecule is COc1ccc(C2NC3(CCN(C(=O)O)CC3)C(=O)N2CCCc2ccccc2)cc1. The van der Waals surface area contributed by atoms with E-state index in [9.17, 15) is 14.7 Å². The number of amides is 2. The fraction of sp³-hybridized carbons (Fsp3) is 0.417. The van der Waals surface area contributed by atoms with E-state index in [-0.39, 0.29) is 12.1 Å². The number of aryl methyl sites for hydroxylation is 1. The minimum absolute atomic E-state index is 0.0754. The summed E-state index contributed by atoms with van der Waals surface area (Å²) in [5, 5.41) is 12.9. The van der Waals surface area contributed by atoms with Gasteiger partial charge < -0.3 is 19.6 Å². The third kappa shape index (κ3) is 4.37. The molecule has 7 heteroatoms. The first-order valence-corrected chi connectivity index (χ1v) is 10.8. The molecule has 2 heterocycles. The van der Waals surface area contributed by atoms with Crippen LogP contribution >= 0.6 is 0 Å². The van der Waals surface area contributed by atoms with Crippen LogP contribution in [0.15, 0.2) is 54.6 Å². The highest BCUT2D eigenvalue weighted by atomic mass is 16.5. The highest BCUT2D eigenvalue weighted by Gasteiger charge is 2.52. The summed E-state index contributed by atoms with van der Waals surface area (Å²) in [6.07, 6.45) is 1.58. The van der Waals surface area contributed by atoms with Crippen LogP contribution in [0.4, 0.5) is 4.79 Å². The topological polar surface area (TPSA) is 82.1 Å². The van der Waals surface area contributed by atoms with E-state index in [0.29, 0.717) is 32.5 Å². The van der Waals surface area contributed by atoms with Gasteiger partial charge in [-0.05, 0) is 48.9 Å². The average molecular weight is 424 g/mol. The number of methoxy groups -OCH3 is 1. The molecule has 2 amide bonds. The monoisotopic (exact) mass is 423 g/mol. The van der Waals surface area contributed by atoms with Crippen LogP contribution in [0.3, 0.4) is 0 Å². The van der Waals surface area contributed by atoms with Crippen molar-refractivity contribution in [3.63, 3.8) is 0 Å². The Labute approximate surface area is 182 Å². The molecule has 2 N–H and O–H groups in total. The molecule has 0 bridgehead atoms. The number of nitrogens with zero attached hydrogens (tertiary/aromatic N) is 2. The Hall–Kier alpha value is -3.06. The fourth-order valence-electron chi connectivity index (χ4n) is 4.61. The van der Waals surface area contributed by atoms with Gasteiger partial charge >= 0.3 is 6.09 Å². The largest absolute Gasteiger partial charge is 0.497 e. The van der Waals surface area contributed by atoms with E-state index in [1.54, 1.807) is 7.11 Å². The molecule has 7 nitrogen and oxygen atoms in total. The number of carboxylic acid groups (broad SMARTS) is 1. The molecule has 0 saturated carbocycles. The summed E-state index contributed by atoms with van der Waals surface area (Å²) < 4.78 is 5.28. The molecule has 2 aromatic carbocycles. The molecular formula is C24H29N3O4. The van der Waals surface area contributed by atoms with Gasteiger partial charge in [0.15, 0.2) is 0 Å². The first kappa shape index (κ1) is 21.2. The number of carbonyl (C=O) groups excluding carboxylic acids is 1. The third-order valence-electron chi connectivity index (χ3n) is 6.42. The van der Waals surface area contributed by atoms with E-state index < -0.39 is 11.6 Å². The zero-order valence-corrected chi connectivity index (χ0v) is 17.8. The fourth-order valence-corrected chi connectivity index (χ4v) is 4.61. The number of rotatable bonds is 6.